The van der Waals surface area contributed by atoms with Crippen molar-refractivity contribution in [3.05, 3.63) is 49.9 Å². The quantitative estimate of drug-likeness (QED) is 0.451. The van der Waals surface area contributed by atoms with E-state index in [0.717, 1.165) is 28.8 Å². The zero-order valence-corrected chi connectivity index (χ0v) is 16.1. The molecule has 0 aliphatic heterocycles. The average Bonchev–Trinajstić information content (AvgIpc) is 2.70. The molecule has 0 N–H and O–H groups in total. The third kappa shape index (κ3) is 2.75. The van der Waals surface area contributed by atoms with Crippen LogP contribution in [0, 0.1) is 20.8 Å². The fourth-order valence-electron chi connectivity index (χ4n) is 2.63. The fraction of sp³-hybridized carbons (Fsp3) is 0.250. The van der Waals surface area contributed by atoms with Crippen molar-refractivity contribution in [1.29, 1.82) is 0 Å². The Labute approximate surface area is 153 Å². The minimum Gasteiger partial charge on any atom is -0.296 e. The van der Waals surface area contributed by atoms with Gasteiger partial charge in [-0.25, -0.2) is 9.97 Å². The highest BCUT2D eigenvalue weighted by Crippen LogP contribution is 2.40. The lowest BCUT2D eigenvalue weighted by molar-refractivity contribution is -0.137. The van der Waals surface area contributed by atoms with E-state index < -0.39 is 11.7 Å². The van der Waals surface area contributed by atoms with Gasteiger partial charge < -0.3 is 0 Å². The summed E-state index contributed by atoms with van der Waals surface area (Å²) >= 11 is 6.56. The summed E-state index contributed by atoms with van der Waals surface area (Å²) in [6.07, 6.45) is -2.67. The van der Waals surface area contributed by atoms with Gasteiger partial charge in [0.05, 0.1) is 11.3 Å². The van der Waals surface area contributed by atoms with E-state index in [1.165, 1.54) is 0 Å². The molecular formula is C16H12Br2F3N3. The van der Waals surface area contributed by atoms with Crippen LogP contribution in [0.3, 0.4) is 0 Å². The van der Waals surface area contributed by atoms with E-state index in [0.29, 0.717) is 26.1 Å². The summed E-state index contributed by atoms with van der Waals surface area (Å²) in [6.45, 7) is 5.62. The molecule has 8 heteroatoms. The van der Waals surface area contributed by atoms with E-state index in [2.05, 4.69) is 41.8 Å². The highest BCUT2D eigenvalue weighted by molar-refractivity contribution is 9.11. The number of fused-ring (bicyclic) bond motifs is 1. The second-order valence-corrected chi connectivity index (χ2v) is 7.20. The van der Waals surface area contributed by atoms with Crippen molar-refractivity contribution in [2.24, 2.45) is 0 Å². The first-order chi connectivity index (χ1) is 11.1. The second kappa shape index (κ2) is 5.84. The molecule has 2 heterocycles. The first-order valence-electron chi connectivity index (χ1n) is 6.99. The molecule has 24 heavy (non-hydrogen) atoms. The lowest BCUT2D eigenvalue weighted by Crippen LogP contribution is -2.08. The third-order valence-corrected chi connectivity index (χ3v) is 5.16. The van der Waals surface area contributed by atoms with E-state index >= 15 is 0 Å². The minimum atomic E-state index is -4.41. The van der Waals surface area contributed by atoms with Crippen molar-refractivity contribution in [1.82, 2.24) is 14.5 Å². The standard InChI is InChI=1S/C16H12Br2F3N3/c1-7-8(2)24(15-11(7)6-22-9(3)23-15)14-12(17)4-10(5-13(14)18)16(19,20)21/h4-6H,1-3H3. The van der Waals surface area contributed by atoms with Crippen LogP contribution < -0.4 is 0 Å². The topological polar surface area (TPSA) is 30.7 Å². The molecule has 3 aromatic rings. The summed E-state index contributed by atoms with van der Waals surface area (Å²) in [5.41, 5.74) is 2.41. The predicted molar refractivity (Wildman–Crippen MR) is 93.5 cm³/mol. The van der Waals surface area contributed by atoms with Gasteiger partial charge in [-0.15, -0.1) is 0 Å². The summed E-state index contributed by atoms with van der Waals surface area (Å²) in [5.74, 6) is 0.598. The van der Waals surface area contributed by atoms with Crippen LogP contribution in [0.15, 0.2) is 27.3 Å². The number of rotatable bonds is 1. The summed E-state index contributed by atoms with van der Waals surface area (Å²) in [5, 5.41) is 0.872. The zero-order chi connectivity index (χ0) is 17.8. The number of alkyl halides is 3. The molecule has 2 aromatic heterocycles. The lowest BCUT2D eigenvalue weighted by atomic mass is 10.2. The number of halogens is 5. The summed E-state index contributed by atoms with van der Waals surface area (Å²) < 4.78 is 41.5. The van der Waals surface area contributed by atoms with Crippen LogP contribution >= 0.6 is 31.9 Å². The number of aromatic nitrogens is 3. The van der Waals surface area contributed by atoms with E-state index in [-0.39, 0.29) is 0 Å². The molecule has 0 saturated carbocycles. The summed E-state index contributed by atoms with van der Waals surface area (Å²) in [7, 11) is 0. The molecule has 0 bridgehead atoms. The first-order valence-corrected chi connectivity index (χ1v) is 8.57. The van der Waals surface area contributed by atoms with Gasteiger partial charge in [-0.2, -0.15) is 13.2 Å². The van der Waals surface area contributed by atoms with Crippen molar-refractivity contribution >= 4 is 42.9 Å². The molecule has 3 rings (SSSR count). The zero-order valence-electron chi connectivity index (χ0n) is 13.0. The number of nitrogens with zero attached hydrogens (tertiary/aromatic N) is 3. The Morgan fingerprint density at radius 3 is 2.17 bits per heavy atom. The Morgan fingerprint density at radius 2 is 1.62 bits per heavy atom. The first kappa shape index (κ1) is 17.4. The third-order valence-electron chi connectivity index (χ3n) is 3.95. The van der Waals surface area contributed by atoms with E-state index in [1.807, 2.05) is 18.4 Å². The molecule has 0 atom stereocenters. The predicted octanol–water partition coefficient (Wildman–Crippen LogP) is 5.89. The molecule has 126 valence electrons. The summed E-state index contributed by atoms with van der Waals surface area (Å²) in [4.78, 5) is 8.69. The highest BCUT2D eigenvalue weighted by Gasteiger charge is 2.32. The Balaban J connectivity index is 2.37. The molecule has 0 spiro atoms. The smallest absolute Gasteiger partial charge is 0.296 e. The van der Waals surface area contributed by atoms with Gasteiger partial charge in [-0.1, -0.05) is 0 Å². The fourth-order valence-corrected chi connectivity index (χ4v) is 4.17. The molecule has 0 unspecified atom stereocenters. The van der Waals surface area contributed by atoms with Crippen LogP contribution in [0.1, 0.15) is 22.6 Å². The second-order valence-electron chi connectivity index (χ2n) is 5.49. The van der Waals surface area contributed by atoms with Crippen LogP contribution in [-0.2, 0) is 6.18 Å². The van der Waals surface area contributed by atoms with Crippen LogP contribution in [0.5, 0.6) is 0 Å². The number of hydrogen-bond acceptors (Lipinski definition) is 2. The van der Waals surface area contributed by atoms with Crippen molar-refractivity contribution in [2.75, 3.05) is 0 Å². The summed E-state index contributed by atoms with van der Waals surface area (Å²) in [6, 6.07) is 2.16. The van der Waals surface area contributed by atoms with Crippen molar-refractivity contribution < 1.29 is 13.2 Å². The Kier molecular flexibility index (Phi) is 4.24. The number of benzene rings is 1. The van der Waals surface area contributed by atoms with Crippen LogP contribution in [0.25, 0.3) is 16.7 Å². The Morgan fingerprint density at radius 1 is 1.04 bits per heavy atom. The monoisotopic (exact) mass is 461 g/mol. The Bertz CT molecular complexity index is 938. The van der Waals surface area contributed by atoms with Crippen molar-refractivity contribution in [2.45, 2.75) is 26.9 Å². The van der Waals surface area contributed by atoms with E-state index in [9.17, 15) is 13.2 Å². The molecule has 0 radical (unpaired) electrons. The number of aryl methyl sites for hydroxylation is 2. The maximum atomic E-state index is 13.0. The van der Waals surface area contributed by atoms with Crippen LogP contribution in [0.4, 0.5) is 13.2 Å². The average molecular weight is 463 g/mol. The minimum absolute atomic E-state index is 0.334. The van der Waals surface area contributed by atoms with E-state index in [4.69, 9.17) is 0 Å². The van der Waals surface area contributed by atoms with Gasteiger partial charge in [-0.3, -0.25) is 4.57 Å². The molecule has 0 aliphatic carbocycles. The normalized spacial score (nSPS) is 12.2. The van der Waals surface area contributed by atoms with Gasteiger partial charge in [0.2, 0.25) is 0 Å². The highest BCUT2D eigenvalue weighted by atomic mass is 79.9. The molecule has 0 saturated heterocycles. The molecule has 3 nitrogen and oxygen atoms in total. The van der Waals surface area contributed by atoms with Crippen molar-refractivity contribution in [3.8, 4) is 5.69 Å². The molecule has 0 aliphatic rings. The molecule has 0 amide bonds. The Hall–Kier alpha value is -1.41. The maximum absolute atomic E-state index is 13.0. The van der Waals surface area contributed by atoms with Crippen LogP contribution in [-0.4, -0.2) is 14.5 Å². The van der Waals surface area contributed by atoms with E-state index in [1.54, 1.807) is 13.1 Å². The molecule has 0 fully saturated rings. The van der Waals surface area contributed by atoms with Gasteiger partial charge in [0, 0.05) is 26.2 Å². The molecule has 1 aromatic carbocycles. The SMILES string of the molecule is Cc1ncc2c(C)c(C)n(-c3c(Br)cc(C(F)(F)F)cc3Br)c2n1. The largest absolute Gasteiger partial charge is 0.416 e. The van der Waals surface area contributed by atoms with Crippen LogP contribution in [0.2, 0.25) is 0 Å². The van der Waals surface area contributed by atoms with Gasteiger partial charge in [-0.05, 0) is 70.3 Å². The van der Waals surface area contributed by atoms with Gasteiger partial charge >= 0.3 is 6.18 Å². The maximum Gasteiger partial charge on any atom is 0.416 e. The van der Waals surface area contributed by atoms with Gasteiger partial charge in [0.25, 0.3) is 0 Å². The lowest BCUT2D eigenvalue weighted by Gasteiger charge is -2.16. The van der Waals surface area contributed by atoms with Gasteiger partial charge in [0.15, 0.2) is 0 Å². The number of hydrogen-bond donors (Lipinski definition) is 0. The van der Waals surface area contributed by atoms with Gasteiger partial charge in [0.1, 0.15) is 11.5 Å². The molecular weight excluding hydrogens is 451 g/mol. The van der Waals surface area contributed by atoms with Crippen molar-refractivity contribution in [3.63, 3.8) is 0 Å².